The van der Waals surface area contributed by atoms with Gasteiger partial charge in [0.25, 0.3) is 0 Å². The van der Waals surface area contributed by atoms with Crippen molar-refractivity contribution in [2.75, 3.05) is 11.9 Å². The van der Waals surface area contributed by atoms with E-state index in [1.165, 1.54) is 12.8 Å². The molecule has 0 aromatic heterocycles. The van der Waals surface area contributed by atoms with Gasteiger partial charge in [0.15, 0.2) is 0 Å². The Hall–Kier alpha value is -0.0500. The molecule has 0 saturated heterocycles. The first-order chi connectivity index (χ1) is 5.81. The van der Waals surface area contributed by atoms with Gasteiger partial charge in [-0.2, -0.15) is 0 Å². The van der Waals surface area contributed by atoms with E-state index in [0.29, 0.717) is 18.4 Å². The van der Waals surface area contributed by atoms with Crippen molar-refractivity contribution < 1.29 is 9.53 Å². The fourth-order valence-corrected chi connectivity index (χ4v) is 1.19. The molecule has 0 bridgehead atoms. The molecule has 72 valence electrons. The Morgan fingerprint density at radius 3 is 2.67 bits per heavy atom. The number of ether oxygens (including phenoxy) is 1. The van der Waals surface area contributed by atoms with Gasteiger partial charge in [0.2, 0.25) is 0 Å². The third-order valence-electron chi connectivity index (χ3n) is 1.56. The summed E-state index contributed by atoms with van der Waals surface area (Å²) in [5.74, 6) is -0.0941. The minimum atomic E-state index is -0.0941. The van der Waals surface area contributed by atoms with Gasteiger partial charge >= 0.3 is 5.97 Å². The zero-order chi connectivity index (χ0) is 9.23. The van der Waals surface area contributed by atoms with E-state index in [1.54, 1.807) is 0 Å². The van der Waals surface area contributed by atoms with Crippen molar-refractivity contribution in [2.45, 2.75) is 39.0 Å². The predicted octanol–water partition coefficient (Wildman–Crippen LogP) is 2.89. The lowest BCUT2D eigenvalue weighted by molar-refractivity contribution is -0.143. The lowest BCUT2D eigenvalue weighted by Crippen LogP contribution is -2.05. The minimum absolute atomic E-state index is 0.0941. The molecular formula is C9H17BrO2. The number of hydrogen-bond donors (Lipinski definition) is 0. The highest BCUT2D eigenvalue weighted by molar-refractivity contribution is 9.09. The number of alkyl halides is 1. The number of rotatable bonds is 7. The summed E-state index contributed by atoms with van der Waals surface area (Å²) < 4.78 is 4.96. The van der Waals surface area contributed by atoms with E-state index in [0.717, 1.165) is 12.8 Å². The van der Waals surface area contributed by atoms with E-state index in [2.05, 4.69) is 22.9 Å². The summed E-state index contributed by atoms with van der Waals surface area (Å²) in [4.78, 5) is 10.8. The van der Waals surface area contributed by atoms with E-state index in [4.69, 9.17) is 4.74 Å². The Morgan fingerprint density at radius 1 is 1.33 bits per heavy atom. The van der Waals surface area contributed by atoms with E-state index in [-0.39, 0.29) is 5.97 Å². The smallest absolute Gasteiger partial charge is 0.306 e. The van der Waals surface area contributed by atoms with Crippen LogP contribution in [-0.2, 0) is 9.53 Å². The van der Waals surface area contributed by atoms with Crippen LogP contribution in [0, 0.1) is 0 Å². The van der Waals surface area contributed by atoms with Crippen molar-refractivity contribution in [1.29, 1.82) is 0 Å². The highest BCUT2D eigenvalue weighted by Crippen LogP contribution is 2.00. The highest BCUT2D eigenvalue weighted by Gasteiger charge is 1.99. The molecule has 0 aromatic carbocycles. The van der Waals surface area contributed by atoms with Crippen LogP contribution in [0.25, 0.3) is 0 Å². The number of halogens is 1. The Morgan fingerprint density at radius 2 is 2.08 bits per heavy atom. The van der Waals surface area contributed by atoms with Gasteiger partial charge in [-0.05, 0) is 6.42 Å². The van der Waals surface area contributed by atoms with Crippen LogP contribution in [0.2, 0.25) is 0 Å². The summed E-state index contributed by atoms with van der Waals surface area (Å²) in [6.45, 7) is 2.75. The molecule has 12 heavy (non-hydrogen) atoms. The summed E-state index contributed by atoms with van der Waals surface area (Å²) in [7, 11) is 0. The van der Waals surface area contributed by atoms with Gasteiger partial charge in [-0.15, -0.1) is 0 Å². The second-order valence-electron chi connectivity index (χ2n) is 2.72. The second-order valence-corrected chi connectivity index (χ2v) is 3.51. The Kier molecular flexibility index (Phi) is 9.00. The van der Waals surface area contributed by atoms with Crippen LogP contribution in [0.3, 0.4) is 0 Å². The summed E-state index contributed by atoms with van der Waals surface area (Å²) in [5.41, 5.74) is 0. The molecule has 0 aliphatic carbocycles. The third-order valence-corrected chi connectivity index (χ3v) is 1.96. The van der Waals surface area contributed by atoms with E-state index in [1.807, 2.05) is 0 Å². The summed E-state index contributed by atoms with van der Waals surface area (Å²) in [6.07, 6.45) is 5.10. The second kappa shape index (κ2) is 9.04. The van der Waals surface area contributed by atoms with Gasteiger partial charge in [-0.1, -0.05) is 42.1 Å². The Labute approximate surface area is 82.8 Å². The van der Waals surface area contributed by atoms with E-state index >= 15 is 0 Å². The lowest BCUT2D eigenvalue weighted by atomic mass is 10.2. The van der Waals surface area contributed by atoms with Crippen molar-refractivity contribution in [2.24, 2.45) is 0 Å². The molecule has 0 spiro atoms. The first-order valence-corrected chi connectivity index (χ1v) is 5.65. The van der Waals surface area contributed by atoms with Gasteiger partial charge in [-0.3, -0.25) is 4.79 Å². The normalized spacial score (nSPS) is 9.83. The first kappa shape index (κ1) is 11.9. The summed E-state index contributed by atoms with van der Waals surface area (Å²) in [6, 6.07) is 0. The molecule has 0 N–H and O–H groups in total. The third kappa shape index (κ3) is 8.05. The molecule has 3 heteroatoms. The van der Waals surface area contributed by atoms with Crippen LogP contribution < -0.4 is 0 Å². The van der Waals surface area contributed by atoms with Crippen molar-refractivity contribution in [3.05, 3.63) is 0 Å². The molecule has 0 aliphatic heterocycles. The van der Waals surface area contributed by atoms with Crippen LogP contribution in [-0.4, -0.2) is 17.9 Å². The maximum absolute atomic E-state index is 10.8. The highest BCUT2D eigenvalue weighted by atomic mass is 79.9. The molecule has 0 amide bonds. The topological polar surface area (TPSA) is 26.3 Å². The maximum atomic E-state index is 10.8. The fourth-order valence-electron chi connectivity index (χ4n) is 0.864. The Bertz CT molecular complexity index is 115. The van der Waals surface area contributed by atoms with E-state index in [9.17, 15) is 4.79 Å². The monoisotopic (exact) mass is 236 g/mol. The van der Waals surface area contributed by atoms with Crippen LogP contribution in [0.5, 0.6) is 0 Å². The van der Waals surface area contributed by atoms with Crippen LogP contribution in [0.1, 0.15) is 39.0 Å². The number of hydrogen-bond acceptors (Lipinski definition) is 2. The zero-order valence-corrected chi connectivity index (χ0v) is 9.23. The van der Waals surface area contributed by atoms with Gasteiger partial charge in [0.05, 0.1) is 13.0 Å². The van der Waals surface area contributed by atoms with Gasteiger partial charge in [0, 0.05) is 5.33 Å². The molecule has 2 nitrogen and oxygen atoms in total. The molecular weight excluding hydrogens is 220 g/mol. The van der Waals surface area contributed by atoms with Crippen molar-refractivity contribution in [1.82, 2.24) is 0 Å². The number of carbonyl (C=O) groups is 1. The molecule has 0 saturated carbocycles. The largest absolute Gasteiger partial charge is 0.466 e. The molecule has 0 heterocycles. The average molecular weight is 237 g/mol. The van der Waals surface area contributed by atoms with Crippen molar-refractivity contribution >= 4 is 21.9 Å². The SMILES string of the molecule is CCCCCCOC(=O)CCBr. The van der Waals surface area contributed by atoms with Crippen molar-refractivity contribution in [3.8, 4) is 0 Å². The summed E-state index contributed by atoms with van der Waals surface area (Å²) >= 11 is 3.18. The van der Waals surface area contributed by atoms with Crippen LogP contribution in [0.4, 0.5) is 0 Å². The number of carbonyl (C=O) groups excluding carboxylic acids is 1. The van der Waals surface area contributed by atoms with Gasteiger partial charge in [0.1, 0.15) is 0 Å². The lowest BCUT2D eigenvalue weighted by Gasteiger charge is -2.02. The summed E-state index contributed by atoms with van der Waals surface area (Å²) in [5, 5.41) is 0.695. The fraction of sp³-hybridized carbons (Fsp3) is 0.889. The average Bonchev–Trinajstić information content (AvgIpc) is 2.05. The number of unbranched alkanes of at least 4 members (excludes halogenated alkanes) is 3. The first-order valence-electron chi connectivity index (χ1n) is 4.52. The molecule has 0 unspecified atom stereocenters. The maximum Gasteiger partial charge on any atom is 0.306 e. The van der Waals surface area contributed by atoms with Gasteiger partial charge in [-0.25, -0.2) is 0 Å². The predicted molar refractivity (Wildman–Crippen MR) is 53.5 cm³/mol. The molecule has 0 aliphatic rings. The van der Waals surface area contributed by atoms with Crippen LogP contribution >= 0.6 is 15.9 Å². The zero-order valence-electron chi connectivity index (χ0n) is 7.64. The quantitative estimate of drug-likeness (QED) is 0.386. The minimum Gasteiger partial charge on any atom is -0.466 e. The van der Waals surface area contributed by atoms with Gasteiger partial charge < -0.3 is 4.74 Å². The molecule has 0 fully saturated rings. The molecule has 0 atom stereocenters. The van der Waals surface area contributed by atoms with E-state index < -0.39 is 0 Å². The van der Waals surface area contributed by atoms with Crippen LogP contribution in [0.15, 0.2) is 0 Å². The van der Waals surface area contributed by atoms with Crippen molar-refractivity contribution in [3.63, 3.8) is 0 Å². The molecule has 0 aromatic rings. The standard InChI is InChI=1S/C9H17BrO2/c1-2-3-4-5-8-12-9(11)6-7-10/h2-8H2,1H3. The molecule has 0 radical (unpaired) electrons. The number of esters is 1. The Balaban J connectivity index is 3.03. The molecule has 0 rings (SSSR count).